The molecule has 0 aromatic heterocycles. The molecule has 2 N–H and O–H groups in total. The maximum atomic E-state index is 13.3. The minimum Gasteiger partial charge on any atom is -0.497 e. The quantitative estimate of drug-likeness (QED) is 0.623. The smallest absolute Gasteiger partial charge is 0.259 e. The predicted molar refractivity (Wildman–Crippen MR) is 122 cm³/mol. The van der Waals surface area contributed by atoms with Crippen molar-refractivity contribution in [1.82, 2.24) is 10.6 Å². The van der Waals surface area contributed by atoms with Crippen LogP contribution in [0.4, 0.5) is 5.69 Å². The highest BCUT2D eigenvalue weighted by Crippen LogP contribution is 2.26. The Morgan fingerprint density at radius 1 is 1.06 bits per heavy atom. The third-order valence-corrected chi connectivity index (χ3v) is 6.27. The Balaban J connectivity index is 1.53. The van der Waals surface area contributed by atoms with Gasteiger partial charge >= 0.3 is 0 Å². The number of imide groups is 1. The molecule has 168 valence electrons. The number of nitrogens with zero attached hydrogens (tertiary/aromatic N) is 1. The largest absolute Gasteiger partial charge is 0.497 e. The third-order valence-electron chi connectivity index (χ3n) is 6.27. The Hall–Kier alpha value is -3.19. The fourth-order valence-corrected chi connectivity index (χ4v) is 4.48. The molecule has 4 rings (SSSR count). The summed E-state index contributed by atoms with van der Waals surface area (Å²) in [7, 11) is 1.60. The lowest BCUT2D eigenvalue weighted by molar-refractivity contribution is -0.118. The van der Waals surface area contributed by atoms with Crippen LogP contribution in [0.5, 0.6) is 5.75 Å². The van der Waals surface area contributed by atoms with E-state index in [1.165, 1.54) is 12.8 Å². The second-order valence-corrected chi connectivity index (χ2v) is 8.42. The van der Waals surface area contributed by atoms with Crippen molar-refractivity contribution in [3.63, 3.8) is 0 Å². The predicted octanol–water partition coefficient (Wildman–Crippen LogP) is 2.93. The number of amides is 3. The van der Waals surface area contributed by atoms with Crippen molar-refractivity contribution in [2.24, 2.45) is 5.92 Å². The highest BCUT2D eigenvalue weighted by molar-refractivity contribution is 6.22. The summed E-state index contributed by atoms with van der Waals surface area (Å²) >= 11 is 0. The van der Waals surface area contributed by atoms with Crippen LogP contribution in [-0.4, -0.2) is 44.5 Å². The molecule has 2 aliphatic heterocycles. The van der Waals surface area contributed by atoms with Gasteiger partial charge in [0.1, 0.15) is 5.75 Å². The van der Waals surface area contributed by atoms with Gasteiger partial charge in [0.25, 0.3) is 11.8 Å². The van der Waals surface area contributed by atoms with Crippen molar-refractivity contribution in [2.75, 3.05) is 31.6 Å². The summed E-state index contributed by atoms with van der Waals surface area (Å²) in [6.45, 7) is 2.68. The summed E-state index contributed by atoms with van der Waals surface area (Å²) in [4.78, 5) is 39.2. The topological polar surface area (TPSA) is 87.7 Å². The first-order valence-corrected chi connectivity index (χ1v) is 11.2. The van der Waals surface area contributed by atoms with Gasteiger partial charge in [-0.25, -0.2) is 0 Å². The Labute approximate surface area is 188 Å². The van der Waals surface area contributed by atoms with E-state index < -0.39 is 11.8 Å². The maximum absolute atomic E-state index is 13.3. The zero-order chi connectivity index (χ0) is 22.5. The molecule has 2 aromatic carbocycles. The fourth-order valence-electron chi connectivity index (χ4n) is 4.48. The minimum atomic E-state index is -0.415. The lowest BCUT2D eigenvalue weighted by Gasteiger charge is -2.26. The van der Waals surface area contributed by atoms with Crippen LogP contribution in [0.2, 0.25) is 0 Å². The number of fused-ring (bicyclic) bond motifs is 1. The van der Waals surface area contributed by atoms with Crippen LogP contribution in [0.1, 0.15) is 52.0 Å². The van der Waals surface area contributed by atoms with E-state index in [1.807, 2.05) is 24.3 Å². The zero-order valence-electron chi connectivity index (χ0n) is 18.4. The molecule has 3 amide bonds. The first-order chi connectivity index (χ1) is 15.5. The molecule has 32 heavy (non-hydrogen) atoms. The monoisotopic (exact) mass is 435 g/mol. The lowest BCUT2D eigenvalue weighted by Crippen LogP contribution is -2.34. The van der Waals surface area contributed by atoms with E-state index in [0.29, 0.717) is 35.0 Å². The molecule has 7 heteroatoms. The molecule has 2 aromatic rings. The van der Waals surface area contributed by atoms with Crippen LogP contribution in [0.15, 0.2) is 42.5 Å². The summed E-state index contributed by atoms with van der Waals surface area (Å²) in [6, 6.07) is 12.5. The van der Waals surface area contributed by atoms with Gasteiger partial charge in [-0.3, -0.25) is 19.7 Å². The molecule has 0 radical (unpaired) electrons. The number of piperidine rings is 1. The van der Waals surface area contributed by atoms with E-state index in [9.17, 15) is 14.4 Å². The second-order valence-electron chi connectivity index (χ2n) is 8.42. The van der Waals surface area contributed by atoms with Crippen LogP contribution < -0.4 is 20.3 Å². The van der Waals surface area contributed by atoms with E-state index in [0.717, 1.165) is 31.5 Å². The standard InChI is InChI=1S/C25H29N3O4/c1-32-20-6-2-4-18(14-20)15-23(29)28(13-3-5-17-9-11-26-12-10-17)19-7-8-21-22(16-19)25(31)27-24(21)30/h2,4,6-8,14,16-17,26H,3,5,9-13,15H2,1H3,(H,27,30,31). The first kappa shape index (κ1) is 22.0. The molecular formula is C25H29N3O4. The lowest BCUT2D eigenvalue weighted by atomic mass is 9.93. The molecule has 0 unspecified atom stereocenters. The third kappa shape index (κ3) is 4.99. The van der Waals surface area contributed by atoms with Gasteiger partial charge in [0.2, 0.25) is 5.91 Å². The average molecular weight is 436 g/mol. The van der Waals surface area contributed by atoms with Gasteiger partial charge in [-0.2, -0.15) is 0 Å². The van der Waals surface area contributed by atoms with Crippen molar-refractivity contribution in [3.8, 4) is 5.75 Å². The van der Waals surface area contributed by atoms with Crippen LogP contribution >= 0.6 is 0 Å². The van der Waals surface area contributed by atoms with Gasteiger partial charge < -0.3 is 15.0 Å². The normalized spacial score (nSPS) is 15.9. The highest BCUT2D eigenvalue weighted by Gasteiger charge is 2.28. The number of methoxy groups -OCH3 is 1. The SMILES string of the molecule is COc1cccc(CC(=O)N(CCCC2CCNCC2)c2ccc3c(c2)C(=O)NC3=O)c1. The van der Waals surface area contributed by atoms with E-state index in [2.05, 4.69) is 10.6 Å². The number of benzene rings is 2. The zero-order valence-corrected chi connectivity index (χ0v) is 18.4. The van der Waals surface area contributed by atoms with Gasteiger partial charge in [0, 0.05) is 12.2 Å². The van der Waals surface area contributed by atoms with E-state index in [1.54, 1.807) is 30.2 Å². The molecule has 7 nitrogen and oxygen atoms in total. The summed E-state index contributed by atoms with van der Waals surface area (Å²) < 4.78 is 5.28. The summed E-state index contributed by atoms with van der Waals surface area (Å²) in [5, 5.41) is 5.70. The molecule has 1 saturated heterocycles. The van der Waals surface area contributed by atoms with Gasteiger partial charge in [0.15, 0.2) is 0 Å². The highest BCUT2D eigenvalue weighted by atomic mass is 16.5. The van der Waals surface area contributed by atoms with E-state index in [4.69, 9.17) is 4.74 Å². The average Bonchev–Trinajstić information content (AvgIpc) is 3.10. The molecule has 1 fully saturated rings. The number of hydrogen-bond donors (Lipinski definition) is 2. The van der Waals surface area contributed by atoms with Crippen LogP contribution in [0, 0.1) is 5.92 Å². The summed E-state index contributed by atoms with van der Waals surface area (Å²) in [5.41, 5.74) is 2.19. The van der Waals surface area contributed by atoms with Crippen molar-refractivity contribution in [1.29, 1.82) is 0 Å². The molecule has 0 bridgehead atoms. The van der Waals surface area contributed by atoms with Gasteiger partial charge in [-0.15, -0.1) is 0 Å². The molecule has 0 saturated carbocycles. The molecular weight excluding hydrogens is 406 g/mol. The second kappa shape index (κ2) is 9.96. The Morgan fingerprint density at radius 2 is 1.84 bits per heavy atom. The Kier molecular flexibility index (Phi) is 6.85. The molecule has 0 aliphatic carbocycles. The molecule has 2 heterocycles. The van der Waals surface area contributed by atoms with Gasteiger partial charge in [-0.05, 0) is 80.6 Å². The number of anilines is 1. The fraction of sp³-hybridized carbons (Fsp3) is 0.400. The maximum Gasteiger partial charge on any atom is 0.259 e. The number of carbonyl (C=O) groups excluding carboxylic acids is 3. The van der Waals surface area contributed by atoms with Gasteiger partial charge in [-0.1, -0.05) is 12.1 Å². The van der Waals surface area contributed by atoms with E-state index in [-0.39, 0.29) is 12.3 Å². The van der Waals surface area contributed by atoms with Crippen LogP contribution in [0.25, 0.3) is 0 Å². The van der Waals surface area contributed by atoms with Crippen molar-refractivity contribution in [2.45, 2.75) is 32.1 Å². The van der Waals surface area contributed by atoms with Crippen molar-refractivity contribution < 1.29 is 19.1 Å². The minimum absolute atomic E-state index is 0.0479. The molecule has 2 aliphatic rings. The van der Waals surface area contributed by atoms with E-state index >= 15 is 0 Å². The van der Waals surface area contributed by atoms with Crippen molar-refractivity contribution in [3.05, 3.63) is 59.2 Å². The number of rotatable bonds is 8. The first-order valence-electron chi connectivity index (χ1n) is 11.2. The van der Waals surface area contributed by atoms with Crippen LogP contribution in [-0.2, 0) is 11.2 Å². The number of carbonyl (C=O) groups is 3. The summed E-state index contributed by atoms with van der Waals surface area (Å²) in [5.74, 6) is 0.530. The number of nitrogens with one attached hydrogen (secondary N) is 2. The summed E-state index contributed by atoms with van der Waals surface area (Å²) in [6.07, 6.45) is 4.51. The van der Waals surface area contributed by atoms with Crippen molar-refractivity contribution >= 4 is 23.4 Å². The Bertz CT molecular complexity index is 1010. The van der Waals surface area contributed by atoms with Crippen LogP contribution in [0.3, 0.4) is 0 Å². The number of ether oxygens (including phenoxy) is 1. The molecule has 0 atom stereocenters. The molecule has 0 spiro atoms. The van der Waals surface area contributed by atoms with Gasteiger partial charge in [0.05, 0.1) is 24.7 Å². The Morgan fingerprint density at radius 3 is 2.62 bits per heavy atom. The number of hydrogen-bond acceptors (Lipinski definition) is 5.